The lowest BCUT2D eigenvalue weighted by Crippen LogP contribution is -2.27. The average molecular weight is 254 g/mol. The van der Waals surface area contributed by atoms with E-state index in [-0.39, 0.29) is 0 Å². The molecule has 0 atom stereocenters. The van der Waals surface area contributed by atoms with Crippen molar-refractivity contribution in [1.82, 2.24) is 20.4 Å². The molecule has 0 saturated carbocycles. The maximum atomic E-state index is 5.38. The SMILES string of the molecule is CCCOCc1noc(CN2CCCNCC2)n1. The predicted octanol–water partition coefficient (Wildman–Crippen LogP) is 0.791. The maximum absolute atomic E-state index is 5.38. The van der Waals surface area contributed by atoms with Crippen molar-refractivity contribution in [2.24, 2.45) is 0 Å². The normalized spacial score (nSPS) is 17.8. The average Bonchev–Trinajstić information content (AvgIpc) is 2.65. The monoisotopic (exact) mass is 254 g/mol. The second-order valence-corrected chi connectivity index (χ2v) is 4.54. The van der Waals surface area contributed by atoms with Gasteiger partial charge in [0.2, 0.25) is 5.89 Å². The minimum absolute atomic E-state index is 0.443. The van der Waals surface area contributed by atoms with E-state index in [9.17, 15) is 0 Å². The van der Waals surface area contributed by atoms with E-state index in [1.54, 1.807) is 0 Å². The smallest absolute Gasteiger partial charge is 0.240 e. The molecular weight excluding hydrogens is 232 g/mol. The van der Waals surface area contributed by atoms with Crippen LogP contribution >= 0.6 is 0 Å². The number of nitrogens with one attached hydrogen (secondary N) is 1. The van der Waals surface area contributed by atoms with Gasteiger partial charge in [-0.3, -0.25) is 4.90 Å². The molecular formula is C12H22N4O2. The Kier molecular flexibility index (Phi) is 5.57. The van der Waals surface area contributed by atoms with Crippen LogP contribution in [0.3, 0.4) is 0 Å². The van der Waals surface area contributed by atoms with Gasteiger partial charge < -0.3 is 14.6 Å². The van der Waals surface area contributed by atoms with Gasteiger partial charge in [-0.05, 0) is 25.9 Å². The third-order valence-corrected chi connectivity index (χ3v) is 2.88. The summed E-state index contributed by atoms with van der Waals surface area (Å²) in [4.78, 5) is 6.68. The first-order chi connectivity index (χ1) is 8.88. The fraction of sp³-hybridized carbons (Fsp3) is 0.833. The minimum Gasteiger partial charge on any atom is -0.373 e. The van der Waals surface area contributed by atoms with Crippen molar-refractivity contribution < 1.29 is 9.26 Å². The number of aromatic nitrogens is 2. The van der Waals surface area contributed by atoms with Crippen molar-refractivity contribution in [2.75, 3.05) is 32.8 Å². The van der Waals surface area contributed by atoms with Gasteiger partial charge >= 0.3 is 0 Å². The molecule has 6 nitrogen and oxygen atoms in total. The summed E-state index contributed by atoms with van der Waals surface area (Å²) in [5.41, 5.74) is 0. The van der Waals surface area contributed by atoms with E-state index in [0.29, 0.717) is 18.3 Å². The number of hydrogen-bond donors (Lipinski definition) is 1. The second-order valence-electron chi connectivity index (χ2n) is 4.54. The largest absolute Gasteiger partial charge is 0.373 e. The third-order valence-electron chi connectivity index (χ3n) is 2.88. The first kappa shape index (κ1) is 13.5. The Hall–Kier alpha value is -0.980. The van der Waals surface area contributed by atoms with E-state index in [4.69, 9.17) is 9.26 Å². The molecule has 102 valence electrons. The van der Waals surface area contributed by atoms with E-state index in [2.05, 4.69) is 27.3 Å². The molecule has 2 heterocycles. The molecule has 0 amide bonds. The highest BCUT2D eigenvalue weighted by molar-refractivity contribution is 4.85. The molecule has 0 bridgehead atoms. The van der Waals surface area contributed by atoms with E-state index >= 15 is 0 Å². The van der Waals surface area contributed by atoms with Crippen LogP contribution in [0, 0.1) is 0 Å². The number of ether oxygens (including phenoxy) is 1. The summed E-state index contributed by atoms with van der Waals surface area (Å²) in [5.74, 6) is 1.33. The van der Waals surface area contributed by atoms with Crippen molar-refractivity contribution in [1.29, 1.82) is 0 Å². The molecule has 0 aliphatic carbocycles. The number of nitrogens with zero attached hydrogens (tertiary/aromatic N) is 3. The molecule has 1 fully saturated rings. The van der Waals surface area contributed by atoms with Crippen LogP contribution in [0.15, 0.2) is 4.52 Å². The van der Waals surface area contributed by atoms with Gasteiger partial charge in [0.1, 0.15) is 6.61 Å². The van der Waals surface area contributed by atoms with Crippen LogP contribution in [-0.4, -0.2) is 47.8 Å². The molecule has 1 saturated heterocycles. The van der Waals surface area contributed by atoms with Gasteiger partial charge in [-0.2, -0.15) is 4.98 Å². The minimum atomic E-state index is 0.443. The Morgan fingerprint density at radius 1 is 1.39 bits per heavy atom. The molecule has 6 heteroatoms. The molecule has 18 heavy (non-hydrogen) atoms. The van der Waals surface area contributed by atoms with Crippen LogP contribution < -0.4 is 5.32 Å². The van der Waals surface area contributed by atoms with Crippen LogP contribution in [0.4, 0.5) is 0 Å². The van der Waals surface area contributed by atoms with Gasteiger partial charge in [0.15, 0.2) is 5.82 Å². The van der Waals surface area contributed by atoms with E-state index < -0.39 is 0 Å². The highest BCUT2D eigenvalue weighted by atomic mass is 16.5. The summed E-state index contributed by atoms with van der Waals surface area (Å²) in [5, 5.41) is 7.30. The van der Waals surface area contributed by atoms with Crippen molar-refractivity contribution in [3.63, 3.8) is 0 Å². The highest BCUT2D eigenvalue weighted by Crippen LogP contribution is 2.05. The zero-order valence-electron chi connectivity index (χ0n) is 11.0. The van der Waals surface area contributed by atoms with Gasteiger partial charge in [0.25, 0.3) is 0 Å². The predicted molar refractivity (Wildman–Crippen MR) is 67.0 cm³/mol. The first-order valence-corrected chi connectivity index (χ1v) is 6.70. The molecule has 0 radical (unpaired) electrons. The van der Waals surface area contributed by atoms with E-state index in [1.165, 1.54) is 6.42 Å². The van der Waals surface area contributed by atoms with E-state index in [1.807, 2.05) is 0 Å². The Balaban J connectivity index is 1.78. The molecule has 0 spiro atoms. The zero-order chi connectivity index (χ0) is 12.6. The van der Waals surface area contributed by atoms with Crippen LogP contribution in [0.25, 0.3) is 0 Å². The Morgan fingerprint density at radius 3 is 3.22 bits per heavy atom. The van der Waals surface area contributed by atoms with Crippen LogP contribution in [-0.2, 0) is 17.9 Å². The van der Waals surface area contributed by atoms with Crippen molar-refractivity contribution in [3.05, 3.63) is 11.7 Å². The molecule has 1 aromatic rings. The van der Waals surface area contributed by atoms with Gasteiger partial charge in [-0.15, -0.1) is 0 Å². The van der Waals surface area contributed by atoms with Gasteiger partial charge in [-0.25, -0.2) is 0 Å². The Morgan fingerprint density at radius 2 is 2.33 bits per heavy atom. The summed E-state index contributed by atoms with van der Waals surface area (Å²) >= 11 is 0. The quantitative estimate of drug-likeness (QED) is 0.757. The maximum Gasteiger partial charge on any atom is 0.240 e. The molecule has 0 aromatic carbocycles. The molecule has 2 rings (SSSR count). The van der Waals surface area contributed by atoms with Gasteiger partial charge in [0.05, 0.1) is 6.54 Å². The first-order valence-electron chi connectivity index (χ1n) is 6.70. The summed E-state index contributed by atoms with van der Waals surface area (Å²) in [6.07, 6.45) is 2.17. The third kappa shape index (κ3) is 4.36. The van der Waals surface area contributed by atoms with Crippen LogP contribution in [0.5, 0.6) is 0 Å². The molecule has 0 unspecified atom stereocenters. The summed E-state index contributed by atoms with van der Waals surface area (Å²) in [6.45, 7) is 8.23. The zero-order valence-corrected chi connectivity index (χ0v) is 11.0. The van der Waals surface area contributed by atoms with Crippen LogP contribution in [0.2, 0.25) is 0 Å². The summed E-state index contributed by atoms with van der Waals surface area (Å²) in [6, 6.07) is 0. The fourth-order valence-corrected chi connectivity index (χ4v) is 1.97. The molecule has 1 aromatic heterocycles. The van der Waals surface area contributed by atoms with E-state index in [0.717, 1.165) is 45.8 Å². The van der Waals surface area contributed by atoms with Gasteiger partial charge in [-0.1, -0.05) is 12.1 Å². The standard InChI is InChI=1S/C12H22N4O2/c1-2-8-17-10-11-14-12(18-15-11)9-16-6-3-4-13-5-7-16/h13H,2-10H2,1H3. The molecule has 1 aliphatic rings. The summed E-state index contributed by atoms with van der Waals surface area (Å²) < 4.78 is 10.6. The second kappa shape index (κ2) is 7.45. The lowest BCUT2D eigenvalue weighted by molar-refractivity contribution is 0.114. The van der Waals surface area contributed by atoms with Crippen molar-refractivity contribution in [3.8, 4) is 0 Å². The Bertz CT molecular complexity index is 335. The topological polar surface area (TPSA) is 63.4 Å². The highest BCUT2D eigenvalue weighted by Gasteiger charge is 2.13. The molecule has 1 N–H and O–H groups in total. The van der Waals surface area contributed by atoms with Crippen molar-refractivity contribution >= 4 is 0 Å². The lowest BCUT2D eigenvalue weighted by atomic mass is 10.4. The van der Waals surface area contributed by atoms with Crippen LogP contribution in [0.1, 0.15) is 31.5 Å². The molecule has 1 aliphatic heterocycles. The summed E-state index contributed by atoms with van der Waals surface area (Å²) in [7, 11) is 0. The number of rotatable bonds is 6. The Labute approximate surface area is 108 Å². The number of hydrogen-bond acceptors (Lipinski definition) is 6. The van der Waals surface area contributed by atoms with Crippen molar-refractivity contribution in [2.45, 2.75) is 32.9 Å². The van der Waals surface area contributed by atoms with Gasteiger partial charge in [0, 0.05) is 19.7 Å². The fourth-order valence-electron chi connectivity index (χ4n) is 1.97. The lowest BCUT2D eigenvalue weighted by Gasteiger charge is -2.16.